The van der Waals surface area contributed by atoms with E-state index in [1.807, 2.05) is 0 Å². The van der Waals surface area contributed by atoms with Crippen molar-refractivity contribution in [2.75, 3.05) is 20.1 Å². The Bertz CT molecular complexity index is 516. The van der Waals surface area contributed by atoms with Crippen molar-refractivity contribution in [3.05, 3.63) is 39.4 Å². The first-order valence-electron chi connectivity index (χ1n) is 6.23. The molecule has 0 radical (unpaired) electrons. The van der Waals surface area contributed by atoms with Gasteiger partial charge < -0.3 is 10.2 Å². The van der Waals surface area contributed by atoms with E-state index in [0.717, 1.165) is 25.1 Å². The van der Waals surface area contributed by atoms with Gasteiger partial charge in [0.1, 0.15) is 0 Å². The van der Waals surface area contributed by atoms with Crippen molar-refractivity contribution in [1.82, 2.24) is 10.2 Å². The van der Waals surface area contributed by atoms with Gasteiger partial charge in [0.2, 0.25) is 0 Å². The Kier molecular flexibility index (Phi) is 5.47. The van der Waals surface area contributed by atoms with Crippen LogP contribution < -0.4 is 5.32 Å². The molecular weight excluding hydrogens is 282 g/mol. The number of benzene rings is 1. The van der Waals surface area contributed by atoms with Crippen LogP contribution in [0, 0.1) is 17.0 Å². The second-order valence-electron chi connectivity index (χ2n) is 4.82. The molecule has 1 atom stereocenters. The third kappa shape index (κ3) is 3.26. The first kappa shape index (κ1) is 16.4. The van der Waals surface area contributed by atoms with Crippen LogP contribution in [0.5, 0.6) is 0 Å². The lowest BCUT2D eigenvalue weighted by Gasteiger charge is -2.24. The zero-order valence-electron chi connectivity index (χ0n) is 11.5. The first-order chi connectivity index (χ1) is 9.00. The van der Waals surface area contributed by atoms with Crippen molar-refractivity contribution in [3.63, 3.8) is 0 Å². The van der Waals surface area contributed by atoms with Crippen LogP contribution >= 0.6 is 12.4 Å². The average molecular weight is 300 g/mol. The van der Waals surface area contributed by atoms with Crippen molar-refractivity contribution in [2.24, 2.45) is 0 Å². The van der Waals surface area contributed by atoms with Gasteiger partial charge in [-0.1, -0.05) is 6.07 Å². The van der Waals surface area contributed by atoms with Gasteiger partial charge in [0.05, 0.1) is 4.92 Å². The Balaban J connectivity index is 0.00000200. The summed E-state index contributed by atoms with van der Waals surface area (Å²) < 4.78 is 0. The summed E-state index contributed by atoms with van der Waals surface area (Å²) in [5.74, 6) is -0.157. The molecule has 0 bridgehead atoms. The number of non-ortho nitro benzene ring substituents is 1. The largest absolute Gasteiger partial charge is 0.337 e. The number of hydrogen-bond donors (Lipinski definition) is 1. The third-order valence-corrected chi connectivity index (χ3v) is 3.56. The maximum atomic E-state index is 12.4. The molecule has 6 nitrogen and oxygen atoms in total. The first-order valence-corrected chi connectivity index (χ1v) is 6.23. The number of amides is 1. The van der Waals surface area contributed by atoms with Crippen LogP contribution in [0.4, 0.5) is 5.69 Å². The molecule has 2 rings (SSSR count). The molecule has 1 heterocycles. The zero-order valence-corrected chi connectivity index (χ0v) is 12.3. The lowest BCUT2D eigenvalue weighted by Crippen LogP contribution is -2.38. The SMILES string of the molecule is Cc1ccc([N+](=O)[O-])cc1C(=O)N(C)C1CCNC1.Cl. The summed E-state index contributed by atoms with van der Waals surface area (Å²) in [4.78, 5) is 24.4. The fraction of sp³-hybridized carbons (Fsp3) is 0.462. The minimum atomic E-state index is -0.479. The summed E-state index contributed by atoms with van der Waals surface area (Å²) >= 11 is 0. The smallest absolute Gasteiger partial charge is 0.270 e. The maximum Gasteiger partial charge on any atom is 0.270 e. The van der Waals surface area contributed by atoms with Crippen molar-refractivity contribution in [2.45, 2.75) is 19.4 Å². The highest BCUT2D eigenvalue weighted by atomic mass is 35.5. The maximum absolute atomic E-state index is 12.4. The van der Waals surface area contributed by atoms with Gasteiger partial charge in [-0.15, -0.1) is 12.4 Å². The Labute approximate surface area is 123 Å². The molecule has 1 unspecified atom stereocenters. The van der Waals surface area contributed by atoms with Crippen molar-refractivity contribution < 1.29 is 9.72 Å². The number of carbonyl (C=O) groups excluding carboxylic acids is 1. The van der Waals surface area contributed by atoms with Crippen molar-refractivity contribution >= 4 is 24.0 Å². The predicted molar refractivity (Wildman–Crippen MR) is 78.4 cm³/mol. The van der Waals surface area contributed by atoms with Crippen LogP contribution in [-0.2, 0) is 0 Å². The molecule has 1 fully saturated rings. The zero-order chi connectivity index (χ0) is 14.0. The standard InChI is InChI=1S/C13H17N3O3.ClH/c1-9-3-4-10(16(18)19)7-12(9)13(17)15(2)11-5-6-14-8-11;/h3-4,7,11,14H,5-6,8H2,1-2H3;1H. The van der Waals surface area contributed by atoms with E-state index in [4.69, 9.17) is 0 Å². The van der Waals surface area contributed by atoms with Gasteiger partial charge in [-0.25, -0.2) is 0 Å². The van der Waals surface area contributed by atoms with E-state index < -0.39 is 4.92 Å². The van der Waals surface area contributed by atoms with Gasteiger partial charge >= 0.3 is 0 Å². The van der Waals surface area contributed by atoms with Gasteiger partial charge in [0.25, 0.3) is 11.6 Å². The molecule has 0 spiro atoms. The van der Waals surface area contributed by atoms with Gasteiger partial charge in [-0.2, -0.15) is 0 Å². The number of nitro groups is 1. The number of halogens is 1. The molecular formula is C13H18ClN3O3. The van der Waals surface area contributed by atoms with Crippen LogP contribution in [-0.4, -0.2) is 41.9 Å². The number of nitrogens with zero attached hydrogens (tertiary/aromatic N) is 2. The molecule has 0 aliphatic carbocycles. The van der Waals surface area contributed by atoms with Gasteiger partial charge in [-0.3, -0.25) is 14.9 Å². The van der Waals surface area contributed by atoms with E-state index in [1.54, 1.807) is 24.9 Å². The number of nitro benzene ring substituents is 1. The summed E-state index contributed by atoms with van der Waals surface area (Å²) in [6.07, 6.45) is 0.913. The minimum absolute atomic E-state index is 0. The summed E-state index contributed by atoms with van der Waals surface area (Å²) in [5, 5.41) is 14.0. The monoisotopic (exact) mass is 299 g/mol. The third-order valence-electron chi connectivity index (χ3n) is 3.56. The molecule has 1 saturated heterocycles. The van der Waals surface area contributed by atoms with E-state index in [0.29, 0.717) is 5.56 Å². The van der Waals surface area contributed by atoms with Crippen LogP contribution in [0.2, 0.25) is 0 Å². The summed E-state index contributed by atoms with van der Waals surface area (Å²) in [6.45, 7) is 3.46. The topological polar surface area (TPSA) is 75.5 Å². The lowest BCUT2D eigenvalue weighted by molar-refractivity contribution is -0.384. The number of carbonyl (C=O) groups is 1. The Morgan fingerprint density at radius 3 is 2.75 bits per heavy atom. The molecule has 1 aliphatic heterocycles. The van der Waals surface area contributed by atoms with Crippen LogP contribution in [0.3, 0.4) is 0 Å². The highest BCUT2D eigenvalue weighted by Gasteiger charge is 2.25. The summed E-state index contributed by atoms with van der Waals surface area (Å²) in [7, 11) is 1.75. The molecule has 7 heteroatoms. The van der Waals surface area contributed by atoms with Gasteiger partial charge in [0.15, 0.2) is 0 Å². The summed E-state index contributed by atoms with van der Waals surface area (Å²) in [5.41, 5.74) is 1.11. The normalized spacial score (nSPS) is 17.4. The summed E-state index contributed by atoms with van der Waals surface area (Å²) in [6, 6.07) is 4.55. The molecule has 1 amide bonds. The highest BCUT2D eigenvalue weighted by molar-refractivity contribution is 5.96. The highest BCUT2D eigenvalue weighted by Crippen LogP contribution is 2.20. The van der Waals surface area contributed by atoms with Crippen molar-refractivity contribution in [3.8, 4) is 0 Å². The van der Waals surface area contributed by atoms with E-state index >= 15 is 0 Å². The Morgan fingerprint density at radius 1 is 1.50 bits per heavy atom. The fourth-order valence-electron chi connectivity index (χ4n) is 2.28. The lowest BCUT2D eigenvalue weighted by atomic mass is 10.1. The number of hydrogen-bond acceptors (Lipinski definition) is 4. The Hall–Kier alpha value is -1.66. The molecule has 1 N–H and O–H groups in total. The Morgan fingerprint density at radius 2 is 2.20 bits per heavy atom. The van der Waals surface area contributed by atoms with Gasteiger partial charge in [0, 0.05) is 37.3 Å². The molecule has 0 aromatic heterocycles. The predicted octanol–water partition coefficient (Wildman–Crippen LogP) is 1.76. The second-order valence-corrected chi connectivity index (χ2v) is 4.82. The quantitative estimate of drug-likeness (QED) is 0.681. The number of likely N-dealkylation sites (N-methyl/N-ethyl adjacent to an activating group) is 1. The second kappa shape index (κ2) is 6.67. The molecule has 20 heavy (non-hydrogen) atoms. The number of aryl methyl sites for hydroxylation is 1. The molecule has 1 aromatic carbocycles. The number of rotatable bonds is 3. The van der Waals surface area contributed by atoms with E-state index in [-0.39, 0.29) is 30.0 Å². The van der Waals surface area contributed by atoms with Crippen LogP contribution in [0.25, 0.3) is 0 Å². The fourth-order valence-corrected chi connectivity index (χ4v) is 2.28. The average Bonchev–Trinajstić information content (AvgIpc) is 2.91. The minimum Gasteiger partial charge on any atom is -0.337 e. The van der Waals surface area contributed by atoms with Crippen LogP contribution in [0.15, 0.2) is 18.2 Å². The molecule has 1 aromatic rings. The van der Waals surface area contributed by atoms with Crippen molar-refractivity contribution in [1.29, 1.82) is 0 Å². The van der Waals surface area contributed by atoms with E-state index in [2.05, 4.69) is 5.32 Å². The molecule has 0 saturated carbocycles. The van der Waals surface area contributed by atoms with Gasteiger partial charge in [-0.05, 0) is 25.5 Å². The van der Waals surface area contributed by atoms with E-state index in [9.17, 15) is 14.9 Å². The molecule has 1 aliphatic rings. The van der Waals surface area contributed by atoms with Crippen LogP contribution in [0.1, 0.15) is 22.3 Å². The number of nitrogens with one attached hydrogen (secondary N) is 1. The molecule has 110 valence electrons. The van der Waals surface area contributed by atoms with E-state index in [1.165, 1.54) is 12.1 Å².